The van der Waals surface area contributed by atoms with Crippen molar-refractivity contribution in [3.8, 4) is 61.8 Å². The number of aliphatic carboxylic acids is 1. The summed E-state index contributed by atoms with van der Waals surface area (Å²) in [6.45, 7) is 4.91. The Hall–Kier alpha value is -6.43. The van der Waals surface area contributed by atoms with Gasteiger partial charge in [-0.15, -0.1) is 11.3 Å². The van der Waals surface area contributed by atoms with Gasteiger partial charge in [-0.05, 0) is 66.7 Å². The first-order chi connectivity index (χ1) is 31.7. The second-order valence-electron chi connectivity index (χ2n) is 15.1. The van der Waals surface area contributed by atoms with E-state index in [0.29, 0.717) is 72.7 Å². The van der Waals surface area contributed by atoms with Crippen LogP contribution in [0.2, 0.25) is 5.02 Å². The first-order valence-corrected chi connectivity index (χ1v) is 22.0. The molecule has 7 aromatic rings. The van der Waals surface area contributed by atoms with Crippen molar-refractivity contribution < 1.29 is 42.7 Å². The molecule has 1 aliphatic rings. The highest BCUT2D eigenvalue weighted by molar-refractivity contribution is 7.22. The minimum Gasteiger partial charge on any atom is -0.496 e. The van der Waals surface area contributed by atoms with Crippen LogP contribution in [0.5, 0.6) is 28.9 Å². The molecule has 0 radical (unpaired) electrons. The Bertz CT molecular complexity index is 2750. The number of para-hydroxylation sites is 2. The number of nitrogens with zero attached hydrogens (tertiary/aromatic N) is 6. The maximum atomic E-state index is 14.3. The van der Waals surface area contributed by atoms with Crippen LogP contribution in [0.15, 0.2) is 104 Å². The highest BCUT2D eigenvalue weighted by Gasteiger charge is 2.30. The van der Waals surface area contributed by atoms with Crippen molar-refractivity contribution in [2.24, 2.45) is 0 Å². The molecule has 0 amide bonds. The van der Waals surface area contributed by atoms with Crippen LogP contribution in [0.4, 0.5) is 4.39 Å². The van der Waals surface area contributed by atoms with Crippen LogP contribution in [0.25, 0.3) is 43.2 Å². The molecule has 1 N–H and O–H groups in total. The lowest BCUT2D eigenvalue weighted by molar-refractivity contribution is -0.145. The number of fused-ring (bicyclic) bond motifs is 1. The van der Waals surface area contributed by atoms with E-state index in [0.717, 1.165) is 38.3 Å². The number of aromatic nitrogens is 4. The fourth-order valence-electron chi connectivity index (χ4n) is 7.43. The van der Waals surface area contributed by atoms with Gasteiger partial charge in [0.15, 0.2) is 18.4 Å². The van der Waals surface area contributed by atoms with Crippen LogP contribution < -0.4 is 23.7 Å². The number of thiophene rings is 1. The minimum absolute atomic E-state index is 0.00610. The number of benzene rings is 4. The summed E-state index contributed by atoms with van der Waals surface area (Å²) in [4.78, 5) is 37.1. The number of hydrogen-bond donors (Lipinski definition) is 1. The smallest absolute Gasteiger partial charge is 0.345 e. The standard InChI is InChI=1S/C48H46ClFN6O8S/c1-55-20-22-56(23-21-55)24-25-61-38-17-16-35(43(42(38)49)63-29-59-2)40-41-46(52-28-53-47(41)65-44(40)30-12-14-32(50)15-13-30)64-39(48(57)58)26-31-8-4-6-10-36(31)62-27-33-18-19-51-45(54-33)34-9-5-7-11-37(34)60-3/h4-19,28,39H,20-27,29H2,1-3H3,(H,57,58). The van der Waals surface area contributed by atoms with E-state index in [4.69, 9.17) is 45.0 Å². The molecule has 65 heavy (non-hydrogen) atoms. The van der Waals surface area contributed by atoms with Gasteiger partial charge in [-0.25, -0.2) is 29.1 Å². The summed E-state index contributed by atoms with van der Waals surface area (Å²) >= 11 is 8.43. The van der Waals surface area contributed by atoms with Crippen molar-refractivity contribution in [3.05, 3.63) is 126 Å². The Kier molecular flexibility index (Phi) is 14.6. The van der Waals surface area contributed by atoms with Crippen LogP contribution in [-0.4, -0.2) is 114 Å². The molecule has 1 aliphatic heterocycles. The molecule has 336 valence electrons. The third-order valence-electron chi connectivity index (χ3n) is 10.8. The van der Waals surface area contributed by atoms with Crippen LogP contribution in [0.3, 0.4) is 0 Å². The van der Waals surface area contributed by atoms with Crippen molar-refractivity contribution in [2.45, 2.75) is 19.1 Å². The molecule has 0 spiro atoms. The first kappa shape index (κ1) is 45.1. The number of halogens is 2. The molecule has 17 heteroatoms. The molecule has 1 atom stereocenters. The van der Waals surface area contributed by atoms with Crippen LogP contribution in [-0.2, 0) is 22.6 Å². The normalized spacial score (nSPS) is 13.7. The van der Waals surface area contributed by atoms with Gasteiger partial charge in [0.2, 0.25) is 12.0 Å². The topological polar surface area (TPSA) is 151 Å². The molecular weight excluding hydrogens is 875 g/mol. The molecule has 0 saturated carbocycles. The number of piperazine rings is 1. The zero-order chi connectivity index (χ0) is 45.3. The van der Waals surface area contributed by atoms with Gasteiger partial charge in [-0.3, -0.25) is 4.90 Å². The van der Waals surface area contributed by atoms with E-state index in [-0.39, 0.29) is 36.5 Å². The van der Waals surface area contributed by atoms with Crippen molar-refractivity contribution in [3.63, 3.8) is 0 Å². The van der Waals surface area contributed by atoms with Crippen LogP contribution in [0.1, 0.15) is 11.3 Å². The number of rotatable bonds is 19. The minimum atomic E-state index is -1.43. The third kappa shape index (κ3) is 10.6. The quantitative estimate of drug-likeness (QED) is 0.0772. The number of carboxylic acids is 1. The average Bonchev–Trinajstić information content (AvgIpc) is 3.72. The molecule has 0 bridgehead atoms. The summed E-state index contributed by atoms with van der Waals surface area (Å²) in [7, 11) is 5.20. The Morgan fingerprint density at radius 3 is 2.40 bits per heavy atom. The Morgan fingerprint density at radius 1 is 0.862 bits per heavy atom. The number of carbonyl (C=O) groups is 1. The maximum Gasteiger partial charge on any atom is 0.345 e. The third-order valence-corrected chi connectivity index (χ3v) is 12.3. The lowest BCUT2D eigenvalue weighted by Gasteiger charge is -2.32. The molecule has 8 rings (SSSR count). The molecule has 0 aliphatic carbocycles. The van der Waals surface area contributed by atoms with Gasteiger partial charge in [0.1, 0.15) is 52.5 Å². The summed E-state index contributed by atoms with van der Waals surface area (Å²) in [5, 5.41) is 11.3. The number of carboxylic acid groups (broad SMARTS) is 1. The van der Waals surface area contributed by atoms with E-state index in [2.05, 4.69) is 31.8 Å². The fourth-order valence-corrected chi connectivity index (χ4v) is 8.86. The van der Waals surface area contributed by atoms with Gasteiger partial charge in [0.05, 0.1) is 23.8 Å². The molecule has 4 heterocycles. The Labute approximate surface area is 384 Å². The molecule has 3 aromatic heterocycles. The summed E-state index contributed by atoms with van der Waals surface area (Å²) in [6.07, 6.45) is 1.44. The zero-order valence-corrected chi connectivity index (χ0v) is 37.5. The van der Waals surface area contributed by atoms with Crippen molar-refractivity contribution in [2.75, 3.05) is 67.4 Å². The van der Waals surface area contributed by atoms with Gasteiger partial charge in [0.25, 0.3) is 0 Å². The number of hydrogen-bond acceptors (Lipinski definition) is 14. The van der Waals surface area contributed by atoms with E-state index >= 15 is 0 Å². The van der Waals surface area contributed by atoms with Crippen molar-refractivity contribution in [1.29, 1.82) is 0 Å². The molecule has 14 nitrogen and oxygen atoms in total. The fraction of sp³-hybridized carbons (Fsp3) is 0.271. The average molecular weight is 921 g/mol. The number of likely N-dealkylation sites (N-methyl/N-ethyl adjacent to an activating group) is 1. The van der Waals surface area contributed by atoms with E-state index in [1.165, 1.54) is 36.9 Å². The maximum absolute atomic E-state index is 14.3. The second kappa shape index (κ2) is 21.0. The van der Waals surface area contributed by atoms with E-state index in [9.17, 15) is 14.3 Å². The number of methoxy groups -OCH3 is 2. The summed E-state index contributed by atoms with van der Waals surface area (Å²) in [5.41, 5.74) is 3.62. The Morgan fingerprint density at radius 2 is 1.63 bits per heavy atom. The SMILES string of the molecule is COCOc1c(-c2c(-c3ccc(F)cc3)sc3ncnc(OC(Cc4ccccc4OCc4ccnc(-c5ccccc5OC)n4)C(=O)O)c23)ccc(OCCN2CCN(C)CC2)c1Cl. The largest absolute Gasteiger partial charge is 0.496 e. The molecular formula is C48H46ClFN6O8S. The summed E-state index contributed by atoms with van der Waals surface area (Å²) in [5.74, 6) is 0.588. The zero-order valence-electron chi connectivity index (χ0n) is 35.9. The van der Waals surface area contributed by atoms with Gasteiger partial charge in [-0.1, -0.05) is 54.1 Å². The molecule has 1 unspecified atom stereocenters. The van der Waals surface area contributed by atoms with Crippen molar-refractivity contribution in [1.82, 2.24) is 29.7 Å². The number of ether oxygens (including phenoxy) is 6. The van der Waals surface area contributed by atoms with Crippen molar-refractivity contribution >= 4 is 39.1 Å². The van der Waals surface area contributed by atoms with E-state index in [1.54, 1.807) is 61.8 Å². The van der Waals surface area contributed by atoms with Gasteiger partial charge in [0, 0.05) is 68.5 Å². The summed E-state index contributed by atoms with van der Waals surface area (Å²) in [6, 6.07) is 26.0. The van der Waals surface area contributed by atoms with Gasteiger partial charge >= 0.3 is 5.97 Å². The first-order valence-electron chi connectivity index (χ1n) is 20.8. The predicted molar refractivity (Wildman–Crippen MR) is 246 cm³/mol. The summed E-state index contributed by atoms with van der Waals surface area (Å²) < 4.78 is 50.2. The second-order valence-corrected chi connectivity index (χ2v) is 16.5. The molecule has 4 aromatic carbocycles. The Balaban J connectivity index is 1.11. The van der Waals surface area contributed by atoms with Crippen LogP contribution >= 0.6 is 22.9 Å². The monoisotopic (exact) mass is 920 g/mol. The van der Waals surface area contributed by atoms with Gasteiger partial charge < -0.3 is 38.4 Å². The molecule has 1 saturated heterocycles. The predicted octanol–water partition coefficient (Wildman–Crippen LogP) is 8.55. The van der Waals surface area contributed by atoms with E-state index < -0.39 is 17.9 Å². The lowest BCUT2D eigenvalue weighted by Crippen LogP contribution is -2.45. The molecule has 1 fully saturated rings. The van der Waals surface area contributed by atoms with Gasteiger partial charge in [-0.2, -0.15) is 0 Å². The highest BCUT2D eigenvalue weighted by Crippen LogP contribution is 2.52. The lowest BCUT2D eigenvalue weighted by atomic mass is 9.98. The van der Waals surface area contributed by atoms with Crippen LogP contribution in [0, 0.1) is 5.82 Å². The highest BCUT2D eigenvalue weighted by atomic mass is 35.5. The van der Waals surface area contributed by atoms with E-state index in [1.807, 2.05) is 30.3 Å².